The van der Waals surface area contributed by atoms with Crippen LogP contribution in [0.3, 0.4) is 0 Å². The van der Waals surface area contributed by atoms with Crippen LogP contribution in [0.25, 0.3) is 33.5 Å². The van der Waals surface area contributed by atoms with Crippen molar-refractivity contribution < 1.29 is 9.18 Å². The van der Waals surface area contributed by atoms with Crippen molar-refractivity contribution >= 4 is 16.8 Å². The van der Waals surface area contributed by atoms with Crippen LogP contribution < -0.4 is 5.32 Å². The van der Waals surface area contributed by atoms with Crippen LogP contribution in [0.2, 0.25) is 0 Å². The number of hydrogen-bond donors (Lipinski definition) is 3. The molecule has 9 heteroatoms. The molecule has 0 aliphatic rings. The largest absolute Gasteiger partial charge is 0.348 e. The Balaban J connectivity index is 1.39. The zero-order chi connectivity index (χ0) is 24.4. The van der Waals surface area contributed by atoms with Crippen LogP contribution in [0, 0.1) is 5.82 Å². The van der Waals surface area contributed by atoms with E-state index in [0.29, 0.717) is 24.5 Å². The molecule has 0 saturated heterocycles. The fourth-order valence-corrected chi connectivity index (χ4v) is 3.86. The number of carbonyl (C=O) groups is 1. The number of aromatic nitrogens is 5. The molecule has 2 heterocycles. The summed E-state index contributed by atoms with van der Waals surface area (Å²) < 4.78 is 13.1. The van der Waals surface area contributed by atoms with E-state index in [4.69, 9.17) is 0 Å². The highest BCUT2D eigenvalue weighted by Crippen LogP contribution is 2.30. The van der Waals surface area contributed by atoms with Crippen LogP contribution in [0.4, 0.5) is 4.39 Å². The number of rotatable bonds is 7. The van der Waals surface area contributed by atoms with Crippen molar-refractivity contribution in [1.29, 1.82) is 0 Å². The second kappa shape index (κ2) is 9.47. The van der Waals surface area contributed by atoms with Gasteiger partial charge in [-0.2, -0.15) is 10.2 Å². The van der Waals surface area contributed by atoms with Crippen molar-refractivity contribution in [3.8, 4) is 22.6 Å². The standard InChI is InChI=1S/C26H24FN7O/c1-34(2)15-23-29-25(33-31-23)18-8-11-22-21(13-18)24(32-30-22)17-4-3-5-19(12-17)26(35)28-14-16-6-9-20(27)10-7-16/h3-13H,14-15H2,1-2H3,(H,28,35)(H,30,32)(H,29,31,33). The molecular weight excluding hydrogens is 445 g/mol. The smallest absolute Gasteiger partial charge is 0.251 e. The van der Waals surface area contributed by atoms with Gasteiger partial charge in [0.1, 0.15) is 11.6 Å². The number of fused-ring (bicyclic) bond motifs is 1. The first kappa shape index (κ1) is 22.4. The summed E-state index contributed by atoms with van der Waals surface area (Å²) in [6, 6.07) is 19.3. The van der Waals surface area contributed by atoms with E-state index in [1.165, 1.54) is 12.1 Å². The Bertz CT molecular complexity index is 1490. The Kier molecular flexibility index (Phi) is 6.07. The highest BCUT2D eigenvalue weighted by Gasteiger charge is 2.14. The molecule has 3 aromatic carbocycles. The van der Waals surface area contributed by atoms with Crippen LogP contribution in [-0.2, 0) is 13.1 Å². The summed E-state index contributed by atoms with van der Waals surface area (Å²) in [7, 11) is 3.95. The van der Waals surface area contributed by atoms with E-state index in [1.807, 2.05) is 55.4 Å². The SMILES string of the molecule is CN(C)Cc1nc(-c2ccc3[nH]nc(-c4cccc(C(=O)NCc5ccc(F)cc5)c4)c3c2)n[nH]1. The van der Waals surface area contributed by atoms with Crippen molar-refractivity contribution in [1.82, 2.24) is 35.6 Å². The normalized spacial score (nSPS) is 11.3. The van der Waals surface area contributed by atoms with Crippen molar-refractivity contribution in [3.63, 3.8) is 0 Å². The molecule has 0 unspecified atom stereocenters. The topological polar surface area (TPSA) is 103 Å². The minimum Gasteiger partial charge on any atom is -0.348 e. The van der Waals surface area contributed by atoms with Gasteiger partial charge in [0.15, 0.2) is 5.82 Å². The van der Waals surface area contributed by atoms with Crippen molar-refractivity contribution in [3.05, 3.63) is 89.5 Å². The summed E-state index contributed by atoms with van der Waals surface area (Å²) in [4.78, 5) is 19.4. The van der Waals surface area contributed by atoms with Gasteiger partial charge in [0.05, 0.1) is 17.8 Å². The highest BCUT2D eigenvalue weighted by atomic mass is 19.1. The minimum absolute atomic E-state index is 0.217. The van der Waals surface area contributed by atoms with Gasteiger partial charge in [-0.15, -0.1) is 0 Å². The predicted octanol–water partition coefficient (Wildman–Crippen LogP) is 4.15. The molecular formula is C26H24FN7O. The molecule has 0 aliphatic carbocycles. The van der Waals surface area contributed by atoms with E-state index in [-0.39, 0.29) is 11.7 Å². The minimum atomic E-state index is -0.306. The van der Waals surface area contributed by atoms with Crippen LogP contribution in [0.5, 0.6) is 0 Å². The van der Waals surface area contributed by atoms with Crippen LogP contribution in [0.15, 0.2) is 66.7 Å². The molecule has 0 radical (unpaired) electrons. The molecule has 176 valence electrons. The summed E-state index contributed by atoms with van der Waals surface area (Å²) in [5.41, 5.74) is 4.63. The van der Waals surface area contributed by atoms with Crippen LogP contribution in [0.1, 0.15) is 21.7 Å². The Morgan fingerprint density at radius 1 is 0.971 bits per heavy atom. The monoisotopic (exact) mass is 469 g/mol. The summed E-state index contributed by atoms with van der Waals surface area (Å²) in [6.07, 6.45) is 0. The van der Waals surface area contributed by atoms with Gasteiger partial charge in [-0.3, -0.25) is 15.0 Å². The van der Waals surface area contributed by atoms with Gasteiger partial charge in [0.25, 0.3) is 5.91 Å². The Morgan fingerprint density at radius 2 is 1.80 bits per heavy atom. The zero-order valence-corrected chi connectivity index (χ0v) is 19.3. The van der Waals surface area contributed by atoms with E-state index in [0.717, 1.165) is 39.1 Å². The molecule has 0 atom stereocenters. The molecule has 3 N–H and O–H groups in total. The van der Waals surface area contributed by atoms with Gasteiger partial charge in [0.2, 0.25) is 0 Å². The number of aromatic amines is 2. The summed E-state index contributed by atoms with van der Waals surface area (Å²) in [5, 5.41) is 18.7. The number of carbonyl (C=O) groups excluding carboxylic acids is 1. The third-order valence-corrected chi connectivity index (χ3v) is 5.58. The van der Waals surface area contributed by atoms with Gasteiger partial charge in [-0.1, -0.05) is 24.3 Å². The fourth-order valence-electron chi connectivity index (χ4n) is 3.86. The second-order valence-electron chi connectivity index (χ2n) is 8.57. The molecule has 1 amide bonds. The molecule has 2 aromatic heterocycles. The lowest BCUT2D eigenvalue weighted by atomic mass is 10.0. The Morgan fingerprint density at radius 3 is 2.60 bits per heavy atom. The quantitative estimate of drug-likeness (QED) is 0.332. The third-order valence-electron chi connectivity index (χ3n) is 5.58. The fraction of sp³-hybridized carbons (Fsp3) is 0.154. The van der Waals surface area contributed by atoms with Gasteiger partial charge in [-0.05, 0) is 62.1 Å². The highest BCUT2D eigenvalue weighted by molar-refractivity contribution is 5.98. The van der Waals surface area contributed by atoms with Gasteiger partial charge < -0.3 is 10.2 Å². The van der Waals surface area contributed by atoms with Gasteiger partial charge >= 0.3 is 0 Å². The first-order valence-electron chi connectivity index (χ1n) is 11.1. The van der Waals surface area contributed by atoms with Crippen LogP contribution in [-0.4, -0.2) is 50.3 Å². The average molecular weight is 470 g/mol. The van der Waals surface area contributed by atoms with Crippen molar-refractivity contribution in [2.75, 3.05) is 14.1 Å². The second-order valence-corrected chi connectivity index (χ2v) is 8.57. The first-order chi connectivity index (χ1) is 17.0. The molecule has 8 nitrogen and oxygen atoms in total. The Labute approximate surface area is 201 Å². The molecule has 0 aliphatic heterocycles. The lowest BCUT2D eigenvalue weighted by Crippen LogP contribution is -2.22. The molecule has 35 heavy (non-hydrogen) atoms. The number of halogens is 1. The van der Waals surface area contributed by atoms with Gasteiger partial charge in [-0.25, -0.2) is 9.37 Å². The van der Waals surface area contributed by atoms with Gasteiger partial charge in [0, 0.05) is 28.6 Å². The number of nitrogens with zero attached hydrogens (tertiary/aromatic N) is 4. The lowest BCUT2D eigenvalue weighted by molar-refractivity contribution is 0.0951. The average Bonchev–Trinajstić information content (AvgIpc) is 3.50. The molecule has 0 fully saturated rings. The van der Waals surface area contributed by atoms with E-state index in [2.05, 4.69) is 30.7 Å². The van der Waals surface area contributed by atoms with E-state index in [9.17, 15) is 9.18 Å². The number of benzene rings is 3. The molecule has 5 rings (SSSR count). The maximum Gasteiger partial charge on any atom is 0.251 e. The number of nitrogens with one attached hydrogen (secondary N) is 3. The zero-order valence-electron chi connectivity index (χ0n) is 19.3. The molecule has 0 spiro atoms. The van der Waals surface area contributed by atoms with Crippen molar-refractivity contribution in [2.45, 2.75) is 13.1 Å². The third kappa shape index (κ3) is 4.95. The summed E-state index contributed by atoms with van der Waals surface area (Å²) in [5.74, 6) is 0.881. The van der Waals surface area contributed by atoms with Crippen molar-refractivity contribution in [2.24, 2.45) is 0 Å². The molecule has 5 aromatic rings. The number of H-pyrrole nitrogens is 2. The summed E-state index contributed by atoms with van der Waals surface area (Å²) in [6.45, 7) is 0.979. The van der Waals surface area contributed by atoms with Crippen LogP contribution >= 0.6 is 0 Å². The lowest BCUT2D eigenvalue weighted by Gasteiger charge is -2.07. The van der Waals surface area contributed by atoms with E-state index < -0.39 is 0 Å². The number of hydrogen-bond acceptors (Lipinski definition) is 5. The maximum atomic E-state index is 13.1. The first-order valence-corrected chi connectivity index (χ1v) is 11.1. The Hall–Kier alpha value is -4.37. The van der Waals surface area contributed by atoms with E-state index >= 15 is 0 Å². The predicted molar refractivity (Wildman–Crippen MR) is 132 cm³/mol. The summed E-state index contributed by atoms with van der Waals surface area (Å²) >= 11 is 0. The number of amides is 1. The molecule has 0 saturated carbocycles. The van der Waals surface area contributed by atoms with E-state index in [1.54, 1.807) is 18.2 Å². The molecule has 0 bridgehead atoms. The maximum absolute atomic E-state index is 13.1.